The van der Waals surface area contributed by atoms with Gasteiger partial charge in [0.2, 0.25) is 0 Å². The van der Waals surface area contributed by atoms with Crippen molar-refractivity contribution in [1.29, 1.82) is 5.41 Å². The van der Waals surface area contributed by atoms with Crippen LogP contribution in [0.1, 0.15) is 38.4 Å². The van der Waals surface area contributed by atoms with Crippen molar-refractivity contribution in [3.05, 3.63) is 82.8 Å². The van der Waals surface area contributed by atoms with Crippen LogP contribution in [-0.4, -0.2) is 21.0 Å². The Bertz CT molecular complexity index is 1250. The number of aryl methyl sites for hydroxylation is 3. The average molecular weight is 387 g/mol. The van der Waals surface area contributed by atoms with E-state index in [4.69, 9.17) is 15.6 Å². The first-order chi connectivity index (χ1) is 13.9. The molecule has 0 atom stereocenters. The molecule has 4 rings (SSSR count). The van der Waals surface area contributed by atoms with Crippen LogP contribution in [-0.2, 0) is 0 Å². The van der Waals surface area contributed by atoms with Gasteiger partial charge in [-0.15, -0.1) is 0 Å². The van der Waals surface area contributed by atoms with Crippen molar-refractivity contribution in [1.82, 2.24) is 9.38 Å². The molecule has 3 aromatic heterocycles. The van der Waals surface area contributed by atoms with E-state index in [1.54, 1.807) is 30.6 Å². The van der Waals surface area contributed by atoms with Gasteiger partial charge < -0.3 is 19.9 Å². The molecule has 7 nitrogen and oxygen atoms in total. The number of nitrogen functional groups attached to an aromatic ring is 1. The van der Waals surface area contributed by atoms with Crippen LogP contribution in [0, 0.1) is 26.2 Å². The topological polar surface area (TPSA) is 109 Å². The predicted molar refractivity (Wildman–Crippen MR) is 113 cm³/mol. The highest BCUT2D eigenvalue weighted by Gasteiger charge is 2.18. The van der Waals surface area contributed by atoms with E-state index in [9.17, 15) is 4.79 Å². The fraction of sp³-hybridized carbons (Fsp3) is 0.136. The number of imidazole rings is 1. The summed E-state index contributed by atoms with van der Waals surface area (Å²) in [5.41, 5.74) is 12.6. The van der Waals surface area contributed by atoms with Gasteiger partial charge in [-0.1, -0.05) is 0 Å². The summed E-state index contributed by atoms with van der Waals surface area (Å²) in [5.74, 6) is -0.223. The number of aromatic nitrogens is 2. The van der Waals surface area contributed by atoms with Gasteiger partial charge in [0, 0.05) is 28.2 Å². The fourth-order valence-corrected chi connectivity index (χ4v) is 3.52. The van der Waals surface area contributed by atoms with Gasteiger partial charge in [-0.05, 0) is 56.7 Å². The van der Waals surface area contributed by atoms with Crippen LogP contribution in [0.3, 0.4) is 0 Å². The Labute approximate surface area is 167 Å². The summed E-state index contributed by atoms with van der Waals surface area (Å²) in [4.78, 5) is 17.4. The zero-order valence-electron chi connectivity index (χ0n) is 16.4. The molecule has 0 aliphatic rings. The number of nitrogens with one attached hydrogen (secondary N) is 2. The third kappa shape index (κ3) is 3.16. The Hall–Kier alpha value is -3.87. The van der Waals surface area contributed by atoms with Crippen molar-refractivity contribution >= 4 is 28.5 Å². The Kier molecular flexibility index (Phi) is 4.43. The lowest BCUT2D eigenvalue weighted by atomic mass is 10.0. The average Bonchev–Trinajstić information content (AvgIpc) is 3.34. The second-order valence-corrected chi connectivity index (χ2v) is 7.02. The number of benzene rings is 1. The second kappa shape index (κ2) is 6.94. The van der Waals surface area contributed by atoms with Crippen LogP contribution in [0.4, 0.5) is 11.4 Å². The van der Waals surface area contributed by atoms with Crippen molar-refractivity contribution in [2.24, 2.45) is 0 Å². The van der Waals surface area contributed by atoms with Crippen LogP contribution in [0.2, 0.25) is 0 Å². The van der Waals surface area contributed by atoms with E-state index in [0.717, 1.165) is 22.5 Å². The Morgan fingerprint density at radius 1 is 1.21 bits per heavy atom. The first-order valence-electron chi connectivity index (χ1n) is 9.13. The molecule has 3 heterocycles. The molecule has 1 aromatic carbocycles. The smallest absolute Gasteiger partial charge is 0.257 e. The van der Waals surface area contributed by atoms with E-state index < -0.39 is 0 Å². The summed E-state index contributed by atoms with van der Waals surface area (Å²) in [6, 6.07) is 8.77. The maximum Gasteiger partial charge on any atom is 0.257 e. The fourth-order valence-electron chi connectivity index (χ4n) is 3.52. The minimum Gasteiger partial charge on any atom is -0.472 e. The largest absolute Gasteiger partial charge is 0.472 e. The number of fused-ring (bicyclic) bond motifs is 1. The highest BCUT2D eigenvalue weighted by molar-refractivity contribution is 6.14. The van der Waals surface area contributed by atoms with E-state index in [2.05, 4.69) is 10.3 Å². The maximum atomic E-state index is 13.1. The minimum absolute atomic E-state index is 0.223. The normalized spacial score (nSPS) is 11.0. The molecule has 0 saturated carbocycles. The summed E-state index contributed by atoms with van der Waals surface area (Å²) >= 11 is 0. The number of carbonyl (C=O) groups is 1. The van der Waals surface area contributed by atoms with Crippen molar-refractivity contribution in [3.63, 3.8) is 0 Å². The van der Waals surface area contributed by atoms with E-state index >= 15 is 0 Å². The van der Waals surface area contributed by atoms with Gasteiger partial charge in [0.05, 0.1) is 41.3 Å². The van der Waals surface area contributed by atoms with Crippen LogP contribution < -0.4 is 11.1 Å². The lowest BCUT2D eigenvalue weighted by Gasteiger charge is -2.14. The summed E-state index contributed by atoms with van der Waals surface area (Å²) in [6.45, 7) is 5.76. The summed E-state index contributed by atoms with van der Waals surface area (Å²) in [6.07, 6.45) is 4.72. The molecule has 0 bridgehead atoms. The molecule has 0 radical (unpaired) electrons. The number of pyridine rings is 1. The molecule has 0 aliphatic heterocycles. The number of anilines is 2. The Balaban J connectivity index is 1.68. The van der Waals surface area contributed by atoms with Gasteiger partial charge in [-0.2, -0.15) is 0 Å². The molecule has 7 heteroatoms. The quantitative estimate of drug-likeness (QED) is 0.362. The third-order valence-electron chi connectivity index (χ3n) is 5.09. The number of carbonyl (C=O) groups excluding carboxylic acids is 1. The third-order valence-corrected chi connectivity index (χ3v) is 5.09. The molecule has 0 fully saturated rings. The summed E-state index contributed by atoms with van der Waals surface area (Å²) in [7, 11) is 0. The molecule has 0 saturated heterocycles. The molecular formula is C22H21N5O2. The number of nitrogens with two attached hydrogens (primary N) is 1. The Morgan fingerprint density at radius 2 is 2.00 bits per heavy atom. The van der Waals surface area contributed by atoms with Gasteiger partial charge in [0.15, 0.2) is 0 Å². The standard InChI is InChI=1S/C22H21N5O2/c1-12-8-19-13(2)25-11-27(19)14(3)20(12)22(28)26-16-4-5-18(23)17(9-16)21(24)15-6-7-29-10-15/h4-11,24H,23H2,1-3H3,(H,26,28). The highest BCUT2D eigenvalue weighted by Crippen LogP contribution is 2.24. The first-order valence-corrected chi connectivity index (χ1v) is 9.13. The lowest BCUT2D eigenvalue weighted by molar-refractivity contribution is 0.102. The van der Waals surface area contributed by atoms with Crippen molar-refractivity contribution < 1.29 is 9.21 Å². The number of hydrogen-bond donors (Lipinski definition) is 3. The Morgan fingerprint density at radius 3 is 2.72 bits per heavy atom. The molecule has 0 spiro atoms. The summed E-state index contributed by atoms with van der Waals surface area (Å²) in [5, 5.41) is 11.3. The van der Waals surface area contributed by atoms with E-state index in [1.807, 2.05) is 31.2 Å². The van der Waals surface area contributed by atoms with Gasteiger partial charge >= 0.3 is 0 Å². The van der Waals surface area contributed by atoms with E-state index in [1.165, 1.54) is 12.5 Å². The molecule has 1 amide bonds. The monoisotopic (exact) mass is 387 g/mol. The molecule has 146 valence electrons. The molecule has 4 N–H and O–H groups in total. The van der Waals surface area contributed by atoms with Crippen LogP contribution in [0.15, 0.2) is 53.6 Å². The number of furan rings is 1. The van der Waals surface area contributed by atoms with Gasteiger partial charge in [0.1, 0.15) is 0 Å². The lowest BCUT2D eigenvalue weighted by Crippen LogP contribution is -2.17. The van der Waals surface area contributed by atoms with E-state index in [0.29, 0.717) is 28.1 Å². The molecule has 0 aliphatic carbocycles. The number of nitrogens with zero attached hydrogens (tertiary/aromatic N) is 2. The number of amides is 1. The van der Waals surface area contributed by atoms with Crippen molar-refractivity contribution in [2.75, 3.05) is 11.1 Å². The van der Waals surface area contributed by atoms with Crippen LogP contribution >= 0.6 is 0 Å². The minimum atomic E-state index is -0.223. The van der Waals surface area contributed by atoms with Crippen LogP contribution in [0.5, 0.6) is 0 Å². The van der Waals surface area contributed by atoms with Gasteiger partial charge in [-0.25, -0.2) is 4.98 Å². The van der Waals surface area contributed by atoms with Crippen molar-refractivity contribution in [3.8, 4) is 0 Å². The molecule has 29 heavy (non-hydrogen) atoms. The van der Waals surface area contributed by atoms with Crippen LogP contribution in [0.25, 0.3) is 5.52 Å². The highest BCUT2D eigenvalue weighted by atomic mass is 16.3. The number of rotatable bonds is 4. The van der Waals surface area contributed by atoms with Crippen molar-refractivity contribution in [2.45, 2.75) is 20.8 Å². The first kappa shape index (κ1) is 18.5. The molecule has 0 unspecified atom stereocenters. The zero-order chi connectivity index (χ0) is 20.7. The van der Waals surface area contributed by atoms with Gasteiger partial charge in [0.25, 0.3) is 5.91 Å². The van der Waals surface area contributed by atoms with E-state index in [-0.39, 0.29) is 11.6 Å². The molecule has 4 aromatic rings. The SMILES string of the molecule is Cc1cc2c(C)ncn2c(C)c1C(=O)Nc1ccc(N)c(C(=N)c2ccoc2)c1. The second-order valence-electron chi connectivity index (χ2n) is 7.02. The zero-order valence-corrected chi connectivity index (χ0v) is 16.4. The maximum absolute atomic E-state index is 13.1. The molecular weight excluding hydrogens is 366 g/mol. The van der Waals surface area contributed by atoms with Gasteiger partial charge in [-0.3, -0.25) is 10.2 Å². The summed E-state index contributed by atoms with van der Waals surface area (Å²) < 4.78 is 6.97. The number of hydrogen-bond acceptors (Lipinski definition) is 5. The predicted octanol–water partition coefficient (Wildman–Crippen LogP) is 4.10.